The second kappa shape index (κ2) is 5.38. The molecule has 0 aliphatic rings. The number of hydrogen-bond acceptors (Lipinski definition) is 3. The normalized spacial score (nSPS) is 12.1. The van der Waals surface area contributed by atoms with Gasteiger partial charge < -0.3 is 9.84 Å². The molecule has 0 spiro atoms. The van der Waals surface area contributed by atoms with Crippen molar-refractivity contribution >= 4 is 0 Å². The van der Waals surface area contributed by atoms with Gasteiger partial charge in [-0.05, 0) is 11.1 Å². The molecule has 14 heavy (non-hydrogen) atoms. The molecule has 0 amide bonds. The van der Waals surface area contributed by atoms with E-state index in [1.165, 1.54) is 0 Å². The number of aliphatic hydroxyl groups is 1. The zero-order valence-electron chi connectivity index (χ0n) is 8.10. The van der Waals surface area contributed by atoms with Gasteiger partial charge in [0.15, 0.2) is 0 Å². The molecule has 0 aliphatic heterocycles. The first-order chi connectivity index (χ1) is 6.77. The van der Waals surface area contributed by atoms with Crippen molar-refractivity contribution in [3.63, 3.8) is 0 Å². The number of rotatable bonds is 4. The van der Waals surface area contributed by atoms with Crippen LogP contribution in [0.15, 0.2) is 24.3 Å². The van der Waals surface area contributed by atoms with Crippen LogP contribution in [0.2, 0.25) is 0 Å². The first-order valence-corrected chi connectivity index (χ1v) is 4.40. The summed E-state index contributed by atoms with van der Waals surface area (Å²) in [4.78, 5) is 0. The van der Waals surface area contributed by atoms with E-state index in [4.69, 9.17) is 10.00 Å². The average molecular weight is 191 g/mol. The van der Waals surface area contributed by atoms with Gasteiger partial charge in [0.05, 0.1) is 25.2 Å². The zero-order chi connectivity index (χ0) is 10.4. The zero-order valence-corrected chi connectivity index (χ0v) is 8.10. The fraction of sp³-hybridized carbons (Fsp3) is 0.364. The predicted octanol–water partition coefficient (Wildman–Crippen LogP) is 1.78. The second-order valence-corrected chi connectivity index (χ2v) is 3.05. The SMILES string of the molecule is COCc1ccc(C(O)CC#N)cc1. The minimum Gasteiger partial charge on any atom is -0.387 e. The van der Waals surface area contributed by atoms with Crippen molar-refractivity contribution in [2.24, 2.45) is 0 Å². The van der Waals surface area contributed by atoms with Gasteiger partial charge in [-0.2, -0.15) is 5.26 Å². The van der Waals surface area contributed by atoms with Crippen molar-refractivity contribution in [1.29, 1.82) is 5.26 Å². The first-order valence-electron chi connectivity index (χ1n) is 4.40. The summed E-state index contributed by atoms with van der Waals surface area (Å²) >= 11 is 0. The van der Waals surface area contributed by atoms with Crippen molar-refractivity contribution in [2.45, 2.75) is 19.1 Å². The van der Waals surface area contributed by atoms with E-state index >= 15 is 0 Å². The topological polar surface area (TPSA) is 53.2 Å². The quantitative estimate of drug-likeness (QED) is 0.789. The standard InChI is InChI=1S/C11H13NO2/c1-14-8-9-2-4-10(5-3-9)11(13)6-7-12/h2-5,11,13H,6,8H2,1H3. The highest BCUT2D eigenvalue weighted by atomic mass is 16.5. The van der Waals surface area contributed by atoms with Crippen LogP contribution < -0.4 is 0 Å². The Labute approximate surface area is 83.6 Å². The molecule has 0 saturated carbocycles. The smallest absolute Gasteiger partial charge is 0.0919 e. The molecule has 0 radical (unpaired) electrons. The molecule has 3 nitrogen and oxygen atoms in total. The Balaban J connectivity index is 2.68. The van der Waals surface area contributed by atoms with E-state index in [-0.39, 0.29) is 6.42 Å². The van der Waals surface area contributed by atoms with Gasteiger partial charge in [0.1, 0.15) is 0 Å². The molecule has 1 unspecified atom stereocenters. The van der Waals surface area contributed by atoms with E-state index < -0.39 is 6.10 Å². The maximum Gasteiger partial charge on any atom is 0.0919 e. The molecule has 1 rings (SSSR count). The summed E-state index contributed by atoms with van der Waals surface area (Å²) < 4.78 is 4.96. The Kier molecular flexibility index (Phi) is 4.11. The van der Waals surface area contributed by atoms with Crippen LogP contribution in [-0.4, -0.2) is 12.2 Å². The molecule has 0 aliphatic carbocycles. The minimum absolute atomic E-state index is 0.129. The molecule has 74 valence electrons. The molecule has 0 bridgehead atoms. The lowest BCUT2D eigenvalue weighted by Crippen LogP contribution is -1.96. The molecule has 3 heteroatoms. The summed E-state index contributed by atoms with van der Waals surface area (Å²) in [6, 6.07) is 9.34. The average Bonchev–Trinajstić information content (AvgIpc) is 2.20. The third-order valence-electron chi connectivity index (χ3n) is 1.96. The van der Waals surface area contributed by atoms with E-state index in [1.54, 1.807) is 7.11 Å². The van der Waals surface area contributed by atoms with Gasteiger partial charge in [0.2, 0.25) is 0 Å². The van der Waals surface area contributed by atoms with Crippen LogP contribution >= 0.6 is 0 Å². The minimum atomic E-state index is -0.684. The number of methoxy groups -OCH3 is 1. The Bertz CT molecular complexity index is 313. The Morgan fingerprint density at radius 2 is 2.07 bits per heavy atom. The lowest BCUT2D eigenvalue weighted by molar-refractivity contribution is 0.181. The van der Waals surface area contributed by atoms with Crippen LogP contribution in [0.4, 0.5) is 0 Å². The molecule has 1 aromatic rings. The van der Waals surface area contributed by atoms with E-state index in [9.17, 15) is 5.11 Å². The third kappa shape index (κ3) is 2.84. The van der Waals surface area contributed by atoms with Gasteiger partial charge in [0, 0.05) is 7.11 Å². The summed E-state index contributed by atoms with van der Waals surface area (Å²) in [5.41, 5.74) is 1.83. The van der Waals surface area contributed by atoms with Crippen molar-refractivity contribution in [1.82, 2.24) is 0 Å². The summed E-state index contributed by atoms with van der Waals surface area (Å²) in [7, 11) is 1.64. The number of nitrogens with zero attached hydrogens (tertiary/aromatic N) is 1. The van der Waals surface area contributed by atoms with Gasteiger partial charge in [-0.25, -0.2) is 0 Å². The molecule has 0 heterocycles. The van der Waals surface area contributed by atoms with E-state index in [2.05, 4.69) is 0 Å². The highest BCUT2D eigenvalue weighted by Crippen LogP contribution is 2.16. The maximum atomic E-state index is 9.49. The lowest BCUT2D eigenvalue weighted by Gasteiger charge is -2.07. The number of aliphatic hydroxyl groups excluding tert-OH is 1. The van der Waals surface area contributed by atoms with Gasteiger partial charge in [-0.1, -0.05) is 24.3 Å². The van der Waals surface area contributed by atoms with Crippen molar-refractivity contribution in [3.8, 4) is 6.07 Å². The molecular formula is C11H13NO2. The highest BCUT2D eigenvalue weighted by Gasteiger charge is 2.05. The summed E-state index contributed by atoms with van der Waals surface area (Å²) in [6.07, 6.45) is -0.555. The monoisotopic (exact) mass is 191 g/mol. The fourth-order valence-electron chi connectivity index (χ4n) is 1.21. The Hall–Kier alpha value is -1.37. The number of nitriles is 1. The highest BCUT2D eigenvalue weighted by molar-refractivity contribution is 5.24. The summed E-state index contributed by atoms with van der Waals surface area (Å²) in [6.45, 7) is 0.564. The van der Waals surface area contributed by atoms with E-state index in [0.29, 0.717) is 6.61 Å². The van der Waals surface area contributed by atoms with Gasteiger partial charge in [0.25, 0.3) is 0 Å². The van der Waals surface area contributed by atoms with Crippen molar-refractivity contribution in [2.75, 3.05) is 7.11 Å². The number of hydrogen-bond donors (Lipinski definition) is 1. The third-order valence-corrected chi connectivity index (χ3v) is 1.96. The van der Waals surface area contributed by atoms with E-state index in [1.807, 2.05) is 30.3 Å². The van der Waals surface area contributed by atoms with Gasteiger partial charge >= 0.3 is 0 Å². The molecular weight excluding hydrogens is 178 g/mol. The van der Waals surface area contributed by atoms with E-state index in [0.717, 1.165) is 11.1 Å². The van der Waals surface area contributed by atoms with Crippen LogP contribution in [0, 0.1) is 11.3 Å². The molecule has 1 N–H and O–H groups in total. The van der Waals surface area contributed by atoms with Crippen LogP contribution in [-0.2, 0) is 11.3 Å². The van der Waals surface area contributed by atoms with Crippen LogP contribution in [0.25, 0.3) is 0 Å². The largest absolute Gasteiger partial charge is 0.387 e. The number of ether oxygens (including phenoxy) is 1. The predicted molar refractivity (Wildman–Crippen MR) is 52.3 cm³/mol. The molecule has 1 atom stereocenters. The second-order valence-electron chi connectivity index (χ2n) is 3.05. The lowest BCUT2D eigenvalue weighted by atomic mass is 10.1. The molecule has 0 aromatic heterocycles. The molecule has 0 fully saturated rings. The van der Waals surface area contributed by atoms with Crippen LogP contribution in [0.3, 0.4) is 0 Å². The van der Waals surface area contributed by atoms with Crippen LogP contribution in [0.1, 0.15) is 23.7 Å². The molecule has 1 aromatic carbocycles. The summed E-state index contributed by atoms with van der Waals surface area (Å²) in [5.74, 6) is 0. The Morgan fingerprint density at radius 3 is 2.57 bits per heavy atom. The maximum absolute atomic E-state index is 9.49. The van der Waals surface area contributed by atoms with Crippen molar-refractivity contribution < 1.29 is 9.84 Å². The Morgan fingerprint density at radius 1 is 1.43 bits per heavy atom. The summed E-state index contributed by atoms with van der Waals surface area (Å²) in [5, 5.41) is 17.9. The fourth-order valence-corrected chi connectivity index (χ4v) is 1.21. The van der Waals surface area contributed by atoms with Gasteiger partial charge in [-0.15, -0.1) is 0 Å². The van der Waals surface area contributed by atoms with Crippen molar-refractivity contribution in [3.05, 3.63) is 35.4 Å². The molecule has 0 saturated heterocycles. The van der Waals surface area contributed by atoms with Crippen LogP contribution in [0.5, 0.6) is 0 Å². The number of benzene rings is 1. The van der Waals surface area contributed by atoms with Gasteiger partial charge in [-0.3, -0.25) is 0 Å². The first kappa shape index (κ1) is 10.7.